The summed E-state index contributed by atoms with van der Waals surface area (Å²) in [5, 5.41) is 10.9. The van der Waals surface area contributed by atoms with Crippen LogP contribution in [0.3, 0.4) is 0 Å². The number of fused-ring (bicyclic) bond motifs is 1. The fourth-order valence-corrected chi connectivity index (χ4v) is 5.40. The standard InChI is InChI=1S/C31H29F3O5S/c1-2-3-6-17-37-27-18-21(19-38-23-12-10-22(11-13-23)31(32,33)34)9-15-29(27)40-28-16-14-26(39-20-30(35)36)24-7-4-5-8-25(24)28/h9-16,18H,2,4-5,7-8,17,19-20H2,1H3,(H,35,36)/p-1. The molecular formula is C31H28F3O5S-. The Bertz CT molecular complexity index is 1390. The molecule has 1 aliphatic rings. The molecule has 0 amide bonds. The molecule has 0 N–H and O–H groups in total. The molecule has 0 saturated carbocycles. The molecule has 0 unspecified atom stereocenters. The highest BCUT2D eigenvalue weighted by Crippen LogP contribution is 2.42. The minimum atomic E-state index is -4.40. The predicted octanol–water partition coefficient (Wildman–Crippen LogP) is 6.24. The van der Waals surface area contributed by atoms with Crippen LogP contribution in [0.2, 0.25) is 0 Å². The van der Waals surface area contributed by atoms with Crippen molar-refractivity contribution in [2.75, 3.05) is 13.2 Å². The molecule has 0 bridgehead atoms. The second-order valence-electron chi connectivity index (χ2n) is 9.08. The summed E-state index contributed by atoms with van der Waals surface area (Å²) in [6.07, 6.45) is 0.00719. The molecule has 3 aromatic carbocycles. The third-order valence-corrected chi connectivity index (χ3v) is 7.37. The number of benzene rings is 3. The van der Waals surface area contributed by atoms with Gasteiger partial charge in [-0.05, 0) is 90.9 Å². The van der Waals surface area contributed by atoms with Gasteiger partial charge in [-0.1, -0.05) is 30.7 Å². The Hall–Kier alpha value is -3.77. The van der Waals surface area contributed by atoms with Gasteiger partial charge in [-0.25, -0.2) is 0 Å². The lowest BCUT2D eigenvalue weighted by Gasteiger charge is -2.23. The summed E-state index contributed by atoms with van der Waals surface area (Å²) < 4.78 is 55.8. The number of carboxylic acid groups (broad SMARTS) is 1. The number of hydrogen-bond donors (Lipinski definition) is 0. The summed E-state index contributed by atoms with van der Waals surface area (Å²) in [6.45, 7) is 1.81. The number of halogens is 3. The van der Waals surface area contributed by atoms with Gasteiger partial charge >= 0.3 is 6.18 Å². The zero-order valence-corrected chi connectivity index (χ0v) is 22.8. The predicted molar refractivity (Wildman–Crippen MR) is 143 cm³/mol. The summed E-state index contributed by atoms with van der Waals surface area (Å²) in [5.74, 6) is 6.21. The van der Waals surface area contributed by atoms with Crippen molar-refractivity contribution < 1.29 is 37.3 Å². The van der Waals surface area contributed by atoms with E-state index in [9.17, 15) is 23.1 Å². The Kier molecular flexibility index (Phi) is 9.88. The molecule has 0 spiro atoms. The molecule has 210 valence electrons. The first-order valence-corrected chi connectivity index (χ1v) is 13.7. The van der Waals surface area contributed by atoms with Crippen LogP contribution in [-0.4, -0.2) is 19.2 Å². The second-order valence-corrected chi connectivity index (χ2v) is 10.2. The highest BCUT2D eigenvalue weighted by molar-refractivity contribution is 7.99. The van der Waals surface area contributed by atoms with Crippen LogP contribution in [0.5, 0.6) is 17.2 Å². The summed E-state index contributed by atoms with van der Waals surface area (Å²) in [7, 11) is 0. The Morgan fingerprint density at radius 2 is 1.62 bits per heavy atom. The van der Waals surface area contributed by atoms with E-state index in [0.29, 0.717) is 23.7 Å². The molecule has 0 atom stereocenters. The van der Waals surface area contributed by atoms with E-state index in [1.54, 1.807) is 17.8 Å². The minimum Gasteiger partial charge on any atom is -0.546 e. The van der Waals surface area contributed by atoms with Crippen LogP contribution in [0.1, 0.15) is 48.4 Å². The van der Waals surface area contributed by atoms with Crippen molar-refractivity contribution in [1.82, 2.24) is 0 Å². The van der Waals surface area contributed by atoms with E-state index in [-0.39, 0.29) is 13.2 Å². The van der Waals surface area contributed by atoms with Gasteiger partial charge in [0.15, 0.2) is 0 Å². The smallest absolute Gasteiger partial charge is 0.416 e. The van der Waals surface area contributed by atoms with E-state index in [0.717, 1.165) is 64.3 Å². The van der Waals surface area contributed by atoms with Gasteiger partial charge in [0, 0.05) is 11.3 Å². The first-order chi connectivity index (χ1) is 19.2. The number of rotatable bonds is 10. The first-order valence-electron chi connectivity index (χ1n) is 12.9. The molecule has 3 aromatic rings. The molecular weight excluding hydrogens is 541 g/mol. The maximum atomic E-state index is 12.8. The molecule has 0 fully saturated rings. The van der Waals surface area contributed by atoms with Crippen molar-refractivity contribution in [1.29, 1.82) is 0 Å². The lowest BCUT2D eigenvalue weighted by molar-refractivity contribution is -0.307. The van der Waals surface area contributed by atoms with Crippen molar-refractivity contribution >= 4 is 17.7 Å². The van der Waals surface area contributed by atoms with E-state index >= 15 is 0 Å². The van der Waals surface area contributed by atoms with Gasteiger partial charge in [0.1, 0.15) is 37.1 Å². The maximum absolute atomic E-state index is 12.8. The van der Waals surface area contributed by atoms with Gasteiger partial charge in [0.25, 0.3) is 0 Å². The largest absolute Gasteiger partial charge is 0.546 e. The van der Waals surface area contributed by atoms with Crippen LogP contribution in [0, 0.1) is 11.8 Å². The van der Waals surface area contributed by atoms with Crippen LogP contribution in [0.25, 0.3) is 0 Å². The number of ether oxygens (including phenoxy) is 3. The Morgan fingerprint density at radius 3 is 2.33 bits per heavy atom. The van der Waals surface area contributed by atoms with E-state index in [4.69, 9.17) is 14.2 Å². The fourth-order valence-electron chi connectivity index (χ4n) is 4.32. The summed E-state index contributed by atoms with van der Waals surface area (Å²) in [4.78, 5) is 12.8. The molecule has 4 rings (SSSR count). The number of carbonyl (C=O) groups excluding carboxylic acids is 1. The van der Waals surface area contributed by atoms with Crippen LogP contribution < -0.4 is 19.3 Å². The van der Waals surface area contributed by atoms with Crippen molar-refractivity contribution in [2.24, 2.45) is 0 Å². The maximum Gasteiger partial charge on any atom is 0.416 e. The number of carbonyl (C=O) groups is 1. The molecule has 0 saturated heterocycles. The van der Waals surface area contributed by atoms with Crippen LogP contribution in [-0.2, 0) is 30.4 Å². The average molecular weight is 570 g/mol. The van der Waals surface area contributed by atoms with E-state index < -0.39 is 24.3 Å². The molecule has 0 aliphatic heterocycles. The van der Waals surface area contributed by atoms with Gasteiger partial charge in [0.2, 0.25) is 0 Å². The Morgan fingerprint density at radius 1 is 0.900 bits per heavy atom. The molecule has 9 heteroatoms. The monoisotopic (exact) mass is 569 g/mol. The molecule has 5 nitrogen and oxygen atoms in total. The highest BCUT2D eigenvalue weighted by atomic mass is 32.2. The van der Waals surface area contributed by atoms with Crippen molar-refractivity contribution in [3.63, 3.8) is 0 Å². The lowest BCUT2D eigenvalue weighted by Crippen LogP contribution is -2.29. The lowest BCUT2D eigenvalue weighted by atomic mass is 9.91. The summed E-state index contributed by atoms with van der Waals surface area (Å²) >= 11 is 1.55. The van der Waals surface area contributed by atoms with Gasteiger partial charge in [-0.15, -0.1) is 5.92 Å². The topological polar surface area (TPSA) is 67.8 Å². The SMILES string of the molecule is CCC#CCOc1cc(COc2ccc(C(F)(F)F)cc2)ccc1Sc1ccc(OCC(=O)[O-])c2c1CCCC2. The Labute approximate surface area is 235 Å². The molecule has 0 radical (unpaired) electrons. The quantitative estimate of drug-likeness (QED) is 0.270. The van der Waals surface area contributed by atoms with Crippen LogP contribution >= 0.6 is 11.8 Å². The molecule has 40 heavy (non-hydrogen) atoms. The van der Waals surface area contributed by atoms with Gasteiger partial charge in [0.05, 0.1) is 16.4 Å². The fraction of sp³-hybridized carbons (Fsp3) is 0.323. The number of hydrogen-bond acceptors (Lipinski definition) is 6. The third kappa shape index (κ3) is 7.89. The van der Waals surface area contributed by atoms with Crippen molar-refractivity contribution in [3.8, 4) is 29.1 Å². The summed E-state index contributed by atoms with van der Waals surface area (Å²) in [6, 6.07) is 14.0. The average Bonchev–Trinajstić information content (AvgIpc) is 2.94. The third-order valence-electron chi connectivity index (χ3n) is 6.21. The first kappa shape index (κ1) is 29.2. The Balaban J connectivity index is 1.55. The zero-order valence-electron chi connectivity index (χ0n) is 21.9. The van der Waals surface area contributed by atoms with E-state index in [2.05, 4.69) is 11.8 Å². The van der Waals surface area contributed by atoms with Crippen molar-refractivity contribution in [3.05, 3.63) is 76.9 Å². The van der Waals surface area contributed by atoms with Crippen molar-refractivity contribution in [2.45, 2.75) is 61.6 Å². The van der Waals surface area contributed by atoms with Gasteiger partial charge in [-0.2, -0.15) is 13.2 Å². The molecule has 0 heterocycles. The molecule has 0 aromatic heterocycles. The summed E-state index contributed by atoms with van der Waals surface area (Å²) in [5.41, 5.74) is 2.22. The zero-order chi connectivity index (χ0) is 28.5. The molecule has 1 aliphatic carbocycles. The second kappa shape index (κ2) is 13.5. The van der Waals surface area contributed by atoms with E-state index in [1.165, 1.54) is 12.1 Å². The minimum absolute atomic E-state index is 0.146. The highest BCUT2D eigenvalue weighted by Gasteiger charge is 2.30. The number of carboxylic acids is 1. The van der Waals surface area contributed by atoms with Crippen LogP contribution in [0.4, 0.5) is 13.2 Å². The number of alkyl halides is 3. The van der Waals surface area contributed by atoms with Crippen LogP contribution in [0.15, 0.2) is 64.4 Å². The van der Waals surface area contributed by atoms with Gasteiger partial charge in [-0.3, -0.25) is 0 Å². The van der Waals surface area contributed by atoms with E-state index in [1.807, 2.05) is 31.2 Å². The van der Waals surface area contributed by atoms with Gasteiger partial charge < -0.3 is 24.1 Å². The number of aliphatic carboxylic acids is 1. The normalized spacial score (nSPS) is 12.6.